The van der Waals surface area contributed by atoms with Gasteiger partial charge in [-0.25, -0.2) is 12.8 Å². The van der Waals surface area contributed by atoms with E-state index in [1.807, 2.05) is 0 Å². The molecule has 2 aromatic rings. The van der Waals surface area contributed by atoms with Gasteiger partial charge < -0.3 is 5.32 Å². The van der Waals surface area contributed by atoms with Crippen LogP contribution in [0.4, 0.5) is 15.8 Å². The van der Waals surface area contributed by atoms with Gasteiger partial charge in [-0.15, -0.1) is 0 Å². The van der Waals surface area contributed by atoms with Crippen molar-refractivity contribution < 1.29 is 22.5 Å². The second kappa shape index (κ2) is 6.13. The molecule has 0 aromatic heterocycles. The number of non-ortho nitro benzene ring substituents is 1. The van der Waals surface area contributed by atoms with Crippen LogP contribution in [0, 0.1) is 15.9 Å². The molecule has 23 heavy (non-hydrogen) atoms. The number of carbonyl (C=O) groups is 1. The molecule has 7 nitrogen and oxygen atoms in total. The molecule has 2 rings (SSSR count). The van der Waals surface area contributed by atoms with Gasteiger partial charge in [0.15, 0.2) is 9.84 Å². The minimum absolute atomic E-state index is 0.180. The van der Waals surface area contributed by atoms with E-state index in [1.54, 1.807) is 0 Å². The predicted octanol–water partition coefficient (Wildman–Crippen LogP) is 2.39. The molecule has 0 fully saturated rings. The minimum atomic E-state index is -3.67. The summed E-state index contributed by atoms with van der Waals surface area (Å²) in [6.07, 6.45) is 0.938. The van der Waals surface area contributed by atoms with E-state index in [0.717, 1.165) is 24.5 Å². The Hall–Kier alpha value is -2.81. The van der Waals surface area contributed by atoms with Crippen molar-refractivity contribution in [2.75, 3.05) is 11.6 Å². The Morgan fingerprint density at radius 3 is 2.48 bits per heavy atom. The zero-order valence-electron chi connectivity index (χ0n) is 11.8. The van der Waals surface area contributed by atoms with Crippen LogP contribution in [0.15, 0.2) is 47.4 Å². The summed E-state index contributed by atoms with van der Waals surface area (Å²) in [4.78, 5) is 21.9. The summed E-state index contributed by atoms with van der Waals surface area (Å²) in [5.74, 6) is -1.76. The lowest BCUT2D eigenvalue weighted by Gasteiger charge is -2.09. The monoisotopic (exact) mass is 338 g/mol. The fourth-order valence-corrected chi connectivity index (χ4v) is 2.78. The zero-order valence-corrected chi connectivity index (χ0v) is 12.6. The highest BCUT2D eigenvalue weighted by atomic mass is 32.2. The first-order valence-electron chi connectivity index (χ1n) is 6.24. The van der Waals surface area contributed by atoms with Crippen LogP contribution < -0.4 is 5.32 Å². The third kappa shape index (κ3) is 3.69. The van der Waals surface area contributed by atoms with Crippen molar-refractivity contribution in [2.45, 2.75) is 4.90 Å². The quantitative estimate of drug-likeness (QED) is 0.680. The molecule has 0 atom stereocenters. The third-order valence-electron chi connectivity index (χ3n) is 2.94. The summed E-state index contributed by atoms with van der Waals surface area (Å²) < 4.78 is 37.0. The minimum Gasteiger partial charge on any atom is -0.319 e. The fraction of sp³-hybridized carbons (Fsp3) is 0.0714. The Kier molecular flexibility index (Phi) is 4.41. The number of anilines is 1. The first kappa shape index (κ1) is 16.6. The summed E-state index contributed by atoms with van der Waals surface area (Å²) in [7, 11) is -3.67. The Balaban J connectivity index is 2.42. The van der Waals surface area contributed by atoms with Crippen molar-refractivity contribution in [3.8, 4) is 0 Å². The molecule has 0 saturated heterocycles. The molecule has 0 radical (unpaired) electrons. The second-order valence-electron chi connectivity index (χ2n) is 4.64. The van der Waals surface area contributed by atoms with Crippen molar-refractivity contribution in [3.05, 3.63) is 64.0 Å². The van der Waals surface area contributed by atoms with Gasteiger partial charge in [-0.05, 0) is 18.2 Å². The standard InChI is InChI=1S/C14H11FN2O5S/c1-23(21,22)13-5-3-2-4-10(13)14(18)16-12-8-9(17(19)20)6-7-11(12)15/h2-8H,1H3,(H,16,18). The summed E-state index contributed by atoms with van der Waals surface area (Å²) in [5.41, 5.74) is -0.994. The first-order chi connectivity index (χ1) is 10.7. The van der Waals surface area contributed by atoms with Gasteiger partial charge in [0.1, 0.15) is 5.82 Å². The normalized spacial score (nSPS) is 11.0. The molecule has 0 saturated carbocycles. The molecule has 0 aliphatic heterocycles. The van der Waals surface area contributed by atoms with E-state index in [2.05, 4.69) is 5.32 Å². The maximum absolute atomic E-state index is 13.7. The van der Waals surface area contributed by atoms with E-state index in [-0.39, 0.29) is 10.5 Å². The van der Waals surface area contributed by atoms with E-state index < -0.39 is 37.9 Å². The third-order valence-corrected chi connectivity index (χ3v) is 4.10. The van der Waals surface area contributed by atoms with Crippen LogP contribution in [-0.2, 0) is 9.84 Å². The van der Waals surface area contributed by atoms with Gasteiger partial charge in [-0.2, -0.15) is 0 Å². The summed E-state index contributed by atoms with van der Waals surface area (Å²) in [6, 6.07) is 8.06. The summed E-state index contributed by atoms with van der Waals surface area (Å²) in [6.45, 7) is 0. The molecule has 1 N–H and O–H groups in total. The van der Waals surface area contributed by atoms with Crippen molar-refractivity contribution in [3.63, 3.8) is 0 Å². The van der Waals surface area contributed by atoms with Gasteiger partial charge in [0, 0.05) is 18.4 Å². The number of halogens is 1. The highest BCUT2D eigenvalue weighted by Gasteiger charge is 2.20. The van der Waals surface area contributed by atoms with Crippen molar-refractivity contribution in [1.29, 1.82) is 0 Å². The lowest BCUT2D eigenvalue weighted by Crippen LogP contribution is -2.16. The van der Waals surface area contributed by atoms with Gasteiger partial charge in [0.2, 0.25) is 0 Å². The Morgan fingerprint density at radius 1 is 1.22 bits per heavy atom. The maximum Gasteiger partial charge on any atom is 0.271 e. The van der Waals surface area contributed by atoms with Gasteiger partial charge in [-0.3, -0.25) is 14.9 Å². The van der Waals surface area contributed by atoms with Gasteiger partial charge in [-0.1, -0.05) is 12.1 Å². The van der Waals surface area contributed by atoms with E-state index >= 15 is 0 Å². The summed E-state index contributed by atoms with van der Waals surface area (Å²) >= 11 is 0. The van der Waals surface area contributed by atoms with Crippen LogP contribution >= 0.6 is 0 Å². The highest BCUT2D eigenvalue weighted by Crippen LogP contribution is 2.23. The van der Waals surface area contributed by atoms with Crippen LogP contribution in [0.2, 0.25) is 0 Å². The maximum atomic E-state index is 13.7. The molecule has 2 aromatic carbocycles. The van der Waals surface area contributed by atoms with E-state index in [1.165, 1.54) is 24.3 Å². The van der Waals surface area contributed by atoms with Crippen molar-refractivity contribution >= 4 is 27.1 Å². The SMILES string of the molecule is CS(=O)(=O)c1ccccc1C(=O)Nc1cc([N+](=O)[O-])ccc1F. The Morgan fingerprint density at radius 2 is 1.87 bits per heavy atom. The molecule has 0 heterocycles. The second-order valence-corrected chi connectivity index (χ2v) is 6.63. The van der Waals surface area contributed by atoms with Crippen molar-refractivity contribution in [1.82, 2.24) is 0 Å². The molecular weight excluding hydrogens is 327 g/mol. The number of benzene rings is 2. The number of hydrogen-bond donors (Lipinski definition) is 1. The van der Waals surface area contributed by atoms with Crippen LogP contribution in [0.5, 0.6) is 0 Å². The van der Waals surface area contributed by atoms with Crippen LogP contribution in [0.3, 0.4) is 0 Å². The number of nitrogens with zero attached hydrogens (tertiary/aromatic N) is 1. The van der Waals surface area contributed by atoms with Gasteiger partial charge >= 0.3 is 0 Å². The molecule has 0 spiro atoms. The smallest absolute Gasteiger partial charge is 0.271 e. The molecule has 1 amide bonds. The van der Waals surface area contributed by atoms with E-state index in [9.17, 15) is 27.7 Å². The first-order valence-corrected chi connectivity index (χ1v) is 8.13. The topological polar surface area (TPSA) is 106 Å². The van der Waals surface area contributed by atoms with Crippen LogP contribution in [0.1, 0.15) is 10.4 Å². The molecule has 0 bridgehead atoms. The number of carbonyl (C=O) groups excluding carboxylic acids is 1. The zero-order chi connectivity index (χ0) is 17.2. The Labute approximate surface area is 130 Å². The molecule has 0 unspecified atom stereocenters. The summed E-state index contributed by atoms with van der Waals surface area (Å²) in [5, 5.41) is 12.8. The number of sulfone groups is 1. The lowest BCUT2D eigenvalue weighted by molar-refractivity contribution is -0.384. The lowest BCUT2D eigenvalue weighted by atomic mass is 10.2. The molecular formula is C14H11FN2O5S. The van der Waals surface area contributed by atoms with Crippen molar-refractivity contribution in [2.24, 2.45) is 0 Å². The van der Waals surface area contributed by atoms with Crippen LogP contribution in [-0.4, -0.2) is 25.5 Å². The van der Waals surface area contributed by atoms with Crippen LogP contribution in [0.25, 0.3) is 0 Å². The largest absolute Gasteiger partial charge is 0.319 e. The number of nitro groups is 1. The predicted molar refractivity (Wildman–Crippen MR) is 80.6 cm³/mol. The average Bonchev–Trinajstić information content (AvgIpc) is 2.48. The average molecular weight is 338 g/mol. The molecule has 120 valence electrons. The number of rotatable bonds is 4. The van der Waals surface area contributed by atoms with E-state index in [0.29, 0.717) is 0 Å². The number of nitrogens with one attached hydrogen (secondary N) is 1. The van der Waals surface area contributed by atoms with Gasteiger partial charge in [0.05, 0.1) is 21.1 Å². The molecule has 9 heteroatoms. The van der Waals surface area contributed by atoms with E-state index in [4.69, 9.17) is 0 Å². The number of amides is 1. The fourth-order valence-electron chi connectivity index (χ4n) is 1.89. The Bertz CT molecular complexity index is 896. The molecule has 0 aliphatic rings. The van der Waals surface area contributed by atoms with Gasteiger partial charge in [0.25, 0.3) is 11.6 Å². The highest BCUT2D eigenvalue weighted by molar-refractivity contribution is 7.90. The number of hydrogen-bond acceptors (Lipinski definition) is 5. The molecule has 0 aliphatic carbocycles. The number of nitro benzene ring substituents is 1.